The van der Waals surface area contributed by atoms with Gasteiger partial charge in [-0.15, -0.1) is 0 Å². The molecule has 0 radical (unpaired) electrons. The summed E-state index contributed by atoms with van der Waals surface area (Å²) in [5, 5.41) is 8.70. The van der Waals surface area contributed by atoms with E-state index in [1.54, 1.807) is 0 Å². The number of hydrogen-bond acceptors (Lipinski definition) is 3. The summed E-state index contributed by atoms with van der Waals surface area (Å²) >= 11 is 0. The maximum atomic E-state index is 12.1. The highest BCUT2D eigenvalue weighted by Crippen LogP contribution is 2.29. The van der Waals surface area contributed by atoms with E-state index in [2.05, 4.69) is 11.8 Å². The van der Waals surface area contributed by atoms with Crippen molar-refractivity contribution >= 4 is 17.4 Å². The number of rotatable bonds is 12. The Bertz CT molecular complexity index is 583. The lowest BCUT2D eigenvalue weighted by atomic mass is 10.0. The second-order valence-corrected chi connectivity index (χ2v) is 7.02. The monoisotopic (exact) mass is 345 g/mol. The van der Waals surface area contributed by atoms with Crippen molar-refractivity contribution in [2.75, 3.05) is 18.0 Å². The highest BCUT2D eigenvalue weighted by atomic mass is 16.4. The molecule has 1 N–H and O–H groups in total. The third kappa shape index (κ3) is 6.18. The molecule has 1 aromatic rings. The molecule has 4 heteroatoms. The average molecular weight is 345 g/mol. The number of benzene rings is 1. The molecule has 0 saturated carbocycles. The molecule has 1 heterocycles. The fourth-order valence-corrected chi connectivity index (χ4v) is 3.50. The van der Waals surface area contributed by atoms with Crippen LogP contribution in [0.2, 0.25) is 0 Å². The second kappa shape index (κ2) is 10.2. The molecule has 0 amide bonds. The summed E-state index contributed by atoms with van der Waals surface area (Å²) in [6.45, 7) is 4.36. The number of Topliss-reactive ketones (excluding diaryl/α,β-unsaturated/α-hetero) is 1. The number of unbranched alkanes of at least 4 members (excludes halogenated alkanes) is 6. The van der Waals surface area contributed by atoms with Gasteiger partial charge in [-0.3, -0.25) is 9.59 Å². The molecule has 138 valence electrons. The lowest BCUT2D eigenvalue weighted by molar-refractivity contribution is -0.136. The fraction of sp³-hybridized carbons (Fsp3) is 0.619. The number of hydrogen-bond donors (Lipinski definition) is 1. The number of ketones is 1. The summed E-state index contributed by atoms with van der Waals surface area (Å²) in [6.07, 6.45) is 10.2. The Hall–Kier alpha value is -1.84. The van der Waals surface area contributed by atoms with Crippen LogP contribution in [0.25, 0.3) is 0 Å². The zero-order chi connectivity index (χ0) is 18.1. The minimum atomic E-state index is -0.921. The maximum absolute atomic E-state index is 12.1. The van der Waals surface area contributed by atoms with Gasteiger partial charge in [0.25, 0.3) is 0 Å². The van der Waals surface area contributed by atoms with Gasteiger partial charge in [-0.2, -0.15) is 0 Å². The van der Waals surface area contributed by atoms with Gasteiger partial charge in [-0.25, -0.2) is 0 Å². The van der Waals surface area contributed by atoms with Crippen molar-refractivity contribution in [3.63, 3.8) is 0 Å². The Morgan fingerprint density at radius 1 is 1.04 bits per heavy atom. The third-order valence-corrected chi connectivity index (χ3v) is 4.99. The van der Waals surface area contributed by atoms with Crippen LogP contribution in [0.5, 0.6) is 0 Å². The first-order chi connectivity index (χ1) is 12.1. The Kier molecular flexibility index (Phi) is 7.96. The number of nitrogens with zero attached hydrogens (tertiary/aromatic N) is 1. The molecule has 0 atom stereocenters. The SMILES string of the molecule is CCCCCCCCCN1CCc2cc(C(=O)CCC(=O)O)ccc21. The van der Waals surface area contributed by atoms with E-state index in [4.69, 9.17) is 5.11 Å². The van der Waals surface area contributed by atoms with Gasteiger partial charge in [-0.05, 0) is 36.6 Å². The van der Waals surface area contributed by atoms with Crippen LogP contribution in [0.3, 0.4) is 0 Å². The maximum Gasteiger partial charge on any atom is 0.303 e. The first kappa shape index (κ1) is 19.5. The summed E-state index contributed by atoms with van der Waals surface area (Å²) in [5.41, 5.74) is 3.13. The molecule has 0 unspecified atom stereocenters. The van der Waals surface area contributed by atoms with E-state index < -0.39 is 5.97 Å². The van der Waals surface area contributed by atoms with Gasteiger partial charge < -0.3 is 10.0 Å². The van der Waals surface area contributed by atoms with E-state index >= 15 is 0 Å². The minimum Gasteiger partial charge on any atom is -0.481 e. The number of carbonyl (C=O) groups is 2. The van der Waals surface area contributed by atoms with Gasteiger partial charge in [0.15, 0.2) is 5.78 Å². The van der Waals surface area contributed by atoms with E-state index in [1.807, 2.05) is 18.2 Å². The van der Waals surface area contributed by atoms with Crippen molar-refractivity contribution < 1.29 is 14.7 Å². The number of carbonyl (C=O) groups excluding carboxylic acids is 1. The Labute approximate surface area is 151 Å². The zero-order valence-corrected chi connectivity index (χ0v) is 15.4. The molecular weight excluding hydrogens is 314 g/mol. The molecule has 4 nitrogen and oxygen atoms in total. The van der Waals surface area contributed by atoms with Crippen molar-refractivity contribution in [3.05, 3.63) is 29.3 Å². The van der Waals surface area contributed by atoms with Gasteiger partial charge in [0.2, 0.25) is 0 Å². The number of carboxylic acid groups (broad SMARTS) is 1. The first-order valence-electron chi connectivity index (χ1n) is 9.74. The number of aliphatic carboxylic acids is 1. The quantitative estimate of drug-likeness (QED) is 0.435. The van der Waals surface area contributed by atoms with E-state index in [-0.39, 0.29) is 18.6 Å². The lowest BCUT2D eigenvalue weighted by Crippen LogP contribution is -2.21. The van der Waals surface area contributed by atoms with E-state index in [0.29, 0.717) is 5.56 Å². The molecule has 0 spiro atoms. The standard InChI is InChI=1S/C21H31NO3/c1-2-3-4-5-6-7-8-14-22-15-13-17-16-18(9-10-19(17)22)20(23)11-12-21(24)25/h9-10,16H,2-8,11-15H2,1H3,(H,24,25). The van der Waals surface area contributed by atoms with Gasteiger partial charge in [0.05, 0.1) is 6.42 Å². The van der Waals surface area contributed by atoms with Crippen LogP contribution in [0, 0.1) is 0 Å². The van der Waals surface area contributed by atoms with Crippen LogP contribution in [-0.4, -0.2) is 29.9 Å². The molecule has 1 aliphatic rings. The van der Waals surface area contributed by atoms with Crippen molar-refractivity contribution in [1.29, 1.82) is 0 Å². The summed E-state index contributed by atoms with van der Waals surface area (Å²) in [7, 11) is 0. The van der Waals surface area contributed by atoms with E-state index in [1.165, 1.54) is 56.2 Å². The van der Waals surface area contributed by atoms with Crippen molar-refractivity contribution in [2.24, 2.45) is 0 Å². The summed E-state index contributed by atoms with van der Waals surface area (Å²) in [6, 6.07) is 5.86. The Balaban J connectivity index is 1.78. The molecule has 0 bridgehead atoms. The third-order valence-electron chi connectivity index (χ3n) is 4.99. The van der Waals surface area contributed by atoms with Gasteiger partial charge in [-0.1, -0.05) is 45.4 Å². The van der Waals surface area contributed by atoms with Gasteiger partial charge >= 0.3 is 5.97 Å². The molecule has 0 saturated heterocycles. The molecule has 0 fully saturated rings. The molecule has 1 aliphatic heterocycles. The molecule has 2 rings (SSSR count). The Morgan fingerprint density at radius 2 is 1.76 bits per heavy atom. The van der Waals surface area contributed by atoms with Crippen LogP contribution in [0.4, 0.5) is 5.69 Å². The lowest BCUT2D eigenvalue weighted by Gasteiger charge is -2.19. The predicted octanol–water partition coefficient (Wildman–Crippen LogP) is 4.85. The Morgan fingerprint density at radius 3 is 2.48 bits per heavy atom. The highest BCUT2D eigenvalue weighted by Gasteiger charge is 2.20. The molecule has 0 aliphatic carbocycles. The molecule has 25 heavy (non-hydrogen) atoms. The molecule has 1 aromatic carbocycles. The normalized spacial score (nSPS) is 13.1. The summed E-state index contributed by atoms with van der Waals surface area (Å²) < 4.78 is 0. The van der Waals surface area contributed by atoms with Crippen molar-refractivity contribution in [3.8, 4) is 0 Å². The largest absolute Gasteiger partial charge is 0.481 e. The first-order valence-corrected chi connectivity index (χ1v) is 9.74. The second-order valence-electron chi connectivity index (χ2n) is 7.02. The number of carboxylic acids is 1. The van der Waals surface area contributed by atoms with Crippen molar-refractivity contribution in [1.82, 2.24) is 0 Å². The summed E-state index contributed by atoms with van der Waals surface area (Å²) in [4.78, 5) is 25.1. The molecule has 0 aromatic heterocycles. The minimum absolute atomic E-state index is 0.0734. The number of fused-ring (bicyclic) bond motifs is 1. The average Bonchev–Trinajstić information content (AvgIpc) is 3.01. The predicted molar refractivity (Wildman–Crippen MR) is 102 cm³/mol. The molecular formula is C21H31NO3. The van der Waals surface area contributed by atoms with Crippen LogP contribution in [0.1, 0.15) is 80.6 Å². The van der Waals surface area contributed by atoms with Crippen LogP contribution in [0.15, 0.2) is 18.2 Å². The number of anilines is 1. The van der Waals surface area contributed by atoms with Gasteiger partial charge in [0.1, 0.15) is 0 Å². The van der Waals surface area contributed by atoms with Gasteiger partial charge in [0, 0.05) is 30.8 Å². The highest BCUT2D eigenvalue weighted by molar-refractivity contribution is 5.98. The van der Waals surface area contributed by atoms with Crippen LogP contribution >= 0.6 is 0 Å². The van der Waals surface area contributed by atoms with E-state index in [9.17, 15) is 9.59 Å². The van der Waals surface area contributed by atoms with Crippen LogP contribution < -0.4 is 4.90 Å². The topological polar surface area (TPSA) is 57.6 Å². The smallest absolute Gasteiger partial charge is 0.303 e. The zero-order valence-electron chi connectivity index (χ0n) is 15.4. The van der Waals surface area contributed by atoms with Crippen LogP contribution in [-0.2, 0) is 11.2 Å². The fourth-order valence-electron chi connectivity index (χ4n) is 3.50. The van der Waals surface area contributed by atoms with Crippen molar-refractivity contribution in [2.45, 2.75) is 71.1 Å². The van der Waals surface area contributed by atoms with E-state index in [0.717, 1.165) is 19.5 Å². The summed E-state index contributed by atoms with van der Waals surface area (Å²) in [5.74, 6) is -0.994.